The van der Waals surface area contributed by atoms with Crippen LogP contribution in [0.3, 0.4) is 0 Å². The fraction of sp³-hybridized carbons (Fsp3) is 1.00. The molecule has 0 aromatic rings. The molecule has 0 saturated heterocycles. The molecule has 12 heavy (non-hydrogen) atoms. The first-order chi connectivity index (χ1) is 5.59. The summed E-state index contributed by atoms with van der Waals surface area (Å²) < 4.78 is 0. The van der Waals surface area contributed by atoms with Gasteiger partial charge in [-0.15, -0.1) is 0 Å². The molecule has 3 atom stereocenters. The molecule has 0 heterocycles. The van der Waals surface area contributed by atoms with Gasteiger partial charge in [0.1, 0.15) is 0 Å². The van der Waals surface area contributed by atoms with Crippen molar-refractivity contribution in [2.45, 2.75) is 59.0 Å². The van der Waals surface area contributed by atoms with Gasteiger partial charge in [0, 0.05) is 12.1 Å². The Morgan fingerprint density at radius 2 is 1.83 bits per heavy atom. The van der Waals surface area contributed by atoms with Crippen LogP contribution in [0.2, 0.25) is 0 Å². The number of hydrogen-bond acceptors (Lipinski definition) is 1. The van der Waals surface area contributed by atoms with Crippen molar-refractivity contribution < 1.29 is 0 Å². The van der Waals surface area contributed by atoms with E-state index < -0.39 is 0 Å². The zero-order chi connectivity index (χ0) is 9.14. The molecule has 1 nitrogen and oxygen atoms in total. The molecule has 0 amide bonds. The molecular weight excluding hydrogens is 146 g/mol. The van der Waals surface area contributed by atoms with Crippen LogP contribution in [0.5, 0.6) is 0 Å². The Labute approximate surface area is 76.9 Å². The number of rotatable bonds is 3. The Kier molecular flexibility index (Phi) is 3.57. The van der Waals surface area contributed by atoms with E-state index in [0.29, 0.717) is 6.04 Å². The van der Waals surface area contributed by atoms with Gasteiger partial charge < -0.3 is 5.32 Å². The highest BCUT2D eigenvalue weighted by molar-refractivity contribution is 4.81. The SMILES string of the molecule is CC(C)[C@@H](C)N[C@@H]1CC[C@@H](C)C1. The topological polar surface area (TPSA) is 12.0 Å². The lowest BCUT2D eigenvalue weighted by Crippen LogP contribution is -2.38. The van der Waals surface area contributed by atoms with Gasteiger partial charge >= 0.3 is 0 Å². The number of hydrogen-bond donors (Lipinski definition) is 1. The molecule has 0 bridgehead atoms. The first-order valence-corrected chi connectivity index (χ1v) is 5.35. The van der Waals surface area contributed by atoms with Gasteiger partial charge in [0.15, 0.2) is 0 Å². The van der Waals surface area contributed by atoms with Gasteiger partial charge in [0.2, 0.25) is 0 Å². The van der Waals surface area contributed by atoms with Crippen LogP contribution in [0.1, 0.15) is 47.0 Å². The number of nitrogens with one attached hydrogen (secondary N) is 1. The fourth-order valence-corrected chi connectivity index (χ4v) is 1.92. The van der Waals surface area contributed by atoms with Crippen molar-refractivity contribution >= 4 is 0 Å². The van der Waals surface area contributed by atoms with Gasteiger partial charge in [0.05, 0.1) is 0 Å². The quantitative estimate of drug-likeness (QED) is 0.685. The predicted octanol–water partition coefficient (Wildman–Crippen LogP) is 2.81. The summed E-state index contributed by atoms with van der Waals surface area (Å²) >= 11 is 0. The molecule has 0 aliphatic heterocycles. The molecule has 0 spiro atoms. The molecule has 1 rings (SSSR count). The lowest BCUT2D eigenvalue weighted by atomic mass is 10.0. The molecule has 1 N–H and O–H groups in total. The van der Waals surface area contributed by atoms with Gasteiger partial charge in [-0.05, 0) is 38.0 Å². The third kappa shape index (κ3) is 2.78. The maximum atomic E-state index is 3.71. The van der Waals surface area contributed by atoms with Crippen LogP contribution in [-0.2, 0) is 0 Å². The molecular formula is C11H23N. The average molecular weight is 169 g/mol. The highest BCUT2D eigenvalue weighted by Gasteiger charge is 2.22. The van der Waals surface area contributed by atoms with Gasteiger partial charge in [-0.3, -0.25) is 0 Å². The first-order valence-electron chi connectivity index (χ1n) is 5.35. The van der Waals surface area contributed by atoms with Crippen LogP contribution in [0.4, 0.5) is 0 Å². The zero-order valence-electron chi connectivity index (χ0n) is 8.93. The van der Waals surface area contributed by atoms with E-state index in [4.69, 9.17) is 0 Å². The monoisotopic (exact) mass is 169 g/mol. The highest BCUT2D eigenvalue weighted by Crippen LogP contribution is 2.25. The van der Waals surface area contributed by atoms with Crippen molar-refractivity contribution in [2.24, 2.45) is 11.8 Å². The molecule has 1 fully saturated rings. The van der Waals surface area contributed by atoms with Crippen LogP contribution in [-0.4, -0.2) is 12.1 Å². The second-order valence-corrected chi connectivity index (χ2v) is 4.81. The van der Waals surface area contributed by atoms with Crippen molar-refractivity contribution in [2.75, 3.05) is 0 Å². The molecule has 0 radical (unpaired) electrons. The second kappa shape index (κ2) is 4.27. The minimum absolute atomic E-state index is 0.681. The third-order valence-corrected chi connectivity index (χ3v) is 3.19. The molecule has 1 heteroatoms. The fourth-order valence-electron chi connectivity index (χ4n) is 1.92. The average Bonchev–Trinajstić information content (AvgIpc) is 2.35. The van der Waals surface area contributed by atoms with E-state index in [9.17, 15) is 0 Å². The van der Waals surface area contributed by atoms with Gasteiger partial charge in [-0.25, -0.2) is 0 Å². The van der Waals surface area contributed by atoms with Crippen LogP contribution in [0.25, 0.3) is 0 Å². The summed E-state index contributed by atoms with van der Waals surface area (Å²) in [5.74, 6) is 1.71. The Morgan fingerprint density at radius 3 is 2.25 bits per heavy atom. The summed E-state index contributed by atoms with van der Waals surface area (Å²) in [5, 5.41) is 3.71. The van der Waals surface area contributed by atoms with Crippen molar-refractivity contribution in [1.29, 1.82) is 0 Å². The first kappa shape index (κ1) is 10.0. The molecule has 0 unspecified atom stereocenters. The Balaban J connectivity index is 2.23. The van der Waals surface area contributed by atoms with Crippen LogP contribution >= 0.6 is 0 Å². The summed E-state index contributed by atoms with van der Waals surface area (Å²) in [4.78, 5) is 0. The van der Waals surface area contributed by atoms with Gasteiger partial charge in [0.25, 0.3) is 0 Å². The third-order valence-electron chi connectivity index (χ3n) is 3.19. The maximum Gasteiger partial charge on any atom is 0.00722 e. The van der Waals surface area contributed by atoms with E-state index in [0.717, 1.165) is 17.9 Å². The summed E-state index contributed by atoms with van der Waals surface area (Å²) in [6, 6.07) is 1.48. The standard InChI is InChI=1S/C11H23N/c1-8(2)10(4)12-11-6-5-9(3)7-11/h8-12H,5-7H2,1-4H3/t9-,10-,11-/m1/s1. The lowest BCUT2D eigenvalue weighted by Gasteiger charge is -2.22. The predicted molar refractivity (Wildman–Crippen MR) is 54.2 cm³/mol. The van der Waals surface area contributed by atoms with Crippen molar-refractivity contribution in [3.63, 3.8) is 0 Å². The minimum atomic E-state index is 0.681. The Hall–Kier alpha value is -0.0400. The van der Waals surface area contributed by atoms with Crippen molar-refractivity contribution in [1.82, 2.24) is 5.32 Å². The summed E-state index contributed by atoms with van der Waals surface area (Å²) in [7, 11) is 0. The maximum absolute atomic E-state index is 3.71. The van der Waals surface area contributed by atoms with Gasteiger partial charge in [-0.2, -0.15) is 0 Å². The molecule has 0 aromatic heterocycles. The summed E-state index contributed by atoms with van der Waals surface area (Å²) in [6.45, 7) is 9.24. The summed E-state index contributed by atoms with van der Waals surface area (Å²) in [6.07, 6.45) is 4.19. The smallest absolute Gasteiger partial charge is 0.00722 e. The lowest BCUT2D eigenvalue weighted by molar-refractivity contribution is 0.369. The van der Waals surface area contributed by atoms with Crippen molar-refractivity contribution in [3.8, 4) is 0 Å². The second-order valence-electron chi connectivity index (χ2n) is 4.81. The van der Waals surface area contributed by atoms with Crippen LogP contribution in [0.15, 0.2) is 0 Å². The van der Waals surface area contributed by atoms with Crippen molar-refractivity contribution in [3.05, 3.63) is 0 Å². The Morgan fingerprint density at radius 1 is 1.17 bits per heavy atom. The van der Waals surface area contributed by atoms with E-state index in [1.54, 1.807) is 0 Å². The minimum Gasteiger partial charge on any atom is -0.311 e. The van der Waals surface area contributed by atoms with Gasteiger partial charge in [-0.1, -0.05) is 20.8 Å². The van der Waals surface area contributed by atoms with E-state index in [1.165, 1.54) is 19.3 Å². The van der Waals surface area contributed by atoms with E-state index in [-0.39, 0.29) is 0 Å². The van der Waals surface area contributed by atoms with Crippen LogP contribution in [0, 0.1) is 11.8 Å². The van der Waals surface area contributed by atoms with Crippen LogP contribution < -0.4 is 5.32 Å². The summed E-state index contributed by atoms with van der Waals surface area (Å²) in [5.41, 5.74) is 0. The zero-order valence-corrected chi connectivity index (χ0v) is 8.93. The molecule has 1 saturated carbocycles. The molecule has 72 valence electrons. The Bertz CT molecular complexity index is 131. The normalized spacial score (nSPS) is 32.8. The van der Waals surface area contributed by atoms with E-state index in [1.807, 2.05) is 0 Å². The molecule has 1 aliphatic carbocycles. The largest absolute Gasteiger partial charge is 0.311 e. The molecule has 0 aromatic carbocycles. The highest BCUT2D eigenvalue weighted by atomic mass is 15.0. The van der Waals surface area contributed by atoms with E-state index >= 15 is 0 Å². The van der Waals surface area contributed by atoms with E-state index in [2.05, 4.69) is 33.0 Å². The molecule has 1 aliphatic rings.